The van der Waals surface area contributed by atoms with Crippen LogP contribution in [0.5, 0.6) is 0 Å². The SMILES string of the molecule is CC(C)=CCc1c(-c2ccccc2)[nH]c2ccccc12. The second kappa shape index (κ2) is 5.38. The molecule has 1 aromatic heterocycles. The molecule has 3 rings (SSSR count). The summed E-state index contributed by atoms with van der Waals surface area (Å²) in [5, 5.41) is 1.32. The number of hydrogen-bond acceptors (Lipinski definition) is 0. The van der Waals surface area contributed by atoms with Gasteiger partial charge in [-0.05, 0) is 37.5 Å². The van der Waals surface area contributed by atoms with E-state index in [0.29, 0.717) is 0 Å². The third kappa shape index (κ3) is 2.39. The number of aromatic nitrogens is 1. The number of para-hydroxylation sites is 1. The van der Waals surface area contributed by atoms with Crippen LogP contribution in [0.3, 0.4) is 0 Å². The van der Waals surface area contributed by atoms with E-state index in [1.54, 1.807) is 0 Å². The molecule has 0 saturated heterocycles. The van der Waals surface area contributed by atoms with Gasteiger partial charge in [0.2, 0.25) is 0 Å². The highest BCUT2D eigenvalue weighted by molar-refractivity contribution is 5.90. The second-order valence-corrected chi connectivity index (χ2v) is 5.38. The molecule has 0 unspecified atom stereocenters. The van der Waals surface area contributed by atoms with Gasteiger partial charge in [0, 0.05) is 10.9 Å². The van der Waals surface area contributed by atoms with Crippen molar-refractivity contribution in [3.63, 3.8) is 0 Å². The number of aromatic amines is 1. The van der Waals surface area contributed by atoms with E-state index >= 15 is 0 Å². The number of rotatable bonds is 3. The summed E-state index contributed by atoms with van der Waals surface area (Å²) >= 11 is 0. The second-order valence-electron chi connectivity index (χ2n) is 5.38. The van der Waals surface area contributed by atoms with Crippen LogP contribution in [0.15, 0.2) is 66.2 Å². The van der Waals surface area contributed by atoms with E-state index in [1.807, 2.05) is 0 Å². The quantitative estimate of drug-likeness (QED) is 0.612. The number of benzene rings is 2. The molecular formula is C19H19N. The molecule has 0 atom stereocenters. The summed E-state index contributed by atoms with van der Waals surface area (Å²) in [5.74, 6) is 0. The van der Waals surface area contributed by atoms with Crippen LogP contribution >= 0.6 is 0 Å². The van der Waals surface area contributed by atoms with Gasteiger partial charge < -0.3 is 4.98 Å². The zero-order valence-electron chi connectivity index (χ0n) is 12.0. The summed E-state index contributed by atoms with van der Waals surface area (Å²) in [4.78, 5) is 3.57. The molecule has 1 heteroatoms. The van der Waals surface area contributed by atoms with E-state index in [0.717, 1.165) is 6.42 Å². The van der Waals surface area contributed by atoms with Crippen LogP contribution in [-0.4, -0.2) is 4.98 Å². The highest BCUT2D eigenvalue weighted by Crippen LogP contribution is 2.30. The van der Waals surface area contributed by atoms with Crippen LogP contribution in [-0.2, 0) is 6.42 Å². The Labute approximate surface area is 120 Å². The lowest BCUT2D eigenvalue weighted by Crippen LogP contribution is -1.86. The predicted molar refractivity (Wildman–Crippen MR) is 86.9 cm³/mol. The Hall–Kier alpha value is -2.28. The molecule has 1 N–H and O–H groups in total. The first kappa shape index (κ1) is 12.7. The molecule has 0 bridgehead atoms. The molecule has 0 fully saturated rings. The van der Waals surface area contributed by atoms with Gasteiger partial charge in [-0.15, -0.1) is 0 Å². The predicted octanol–water partition coefficient (Wildman–Crippen LogP) is 5.34. The van der Waals surface area contributed by atoms with Gasteiger partial charge in [0.15, 0.2) is 0 Å². The van der Waals surface area contributed by atoms with Gasteiger partial charge in [-0.25, -0.2) is 0 Å². The Balaban J connectivity index is 2.20. The molecule has 0 saturated carbocycles. The first-order chi connectivity index (χ1) is 9.75. The average Bonchev–Trinajstić information content (AvgIpc) is 2.84. The zero-order valence-corrected chi connectivity index (χ0v) is 12.0. The Bertz CT molecular complexity index is 744. The summed E-state index contributed by atoms with van der Waals surface area (Å²) in [6, 6.07) is 19.1. The lowest BCUT2D eigenvalue weighted by Gasteiger charge is -2.03. The Morgan fingerprint density at radius 3 is 2.40 bits per heavy atom. The summed E-state index contributed by atoms with van der Waals surface area (Å²) in [5.41, 5.74) is 6.44. The highest BCUT2D eigenvalue weighted by atomic mass is 14.7. The van der Waals surface area contributed by atoms with Gasteiger partial charge in [0.05, 0.1) is 5.69 Å². The number of nitrogens with one attached hydrogen (secondary N) is 1. The lowest BCUT2D eigenvalue weighted by molar-refractivity contribution is 1.23. The van der Waals surface area contributed by atoms with Crippen molar-refractivity contribution in [2.24, 2.45) is 0 Å². The van der Waals surface area contributed by atoms with Crippen molar-refractivity contribution in [1.29, 1.82) is 0 Å². The fourth-order valence-electron chi connectivity index (χ4n) is 2.57. The Morgan fingerprint density at radius 2 is 1.65 bits per heavy atom. The maximum absolute atomic E-state index is 3.57. The number of fused-ring (bicyclic) bond motifs is 1. The molecule has 20 heavy (non-hydrogen) atoms. The molecule has 0 spiro atoms. The molecular weight excluding hydrogens is 242 g/mol. The minimum Gasteiger partial charge on any atom is -0.354 e. The van der Waals surface area contributed by atoms with Crippen molar-refractivity contribution >= 4 is 10.9 Å². The average molecular weight is 261 g/mol. The van der Waals surface area contributed by atoms with Crippen LogP contribution in [0.2, 0.25) is 0 Å². The van der Waals surface area contributed by atoms with Crippen LogP contribution in [0.25, 0.3) is 22.2 Å². The van der Waals surface area contributed by atoms with Gasteiger partial charge >= 0.3 is 0 Å². The van der Waals surface area contributed by atoms with Gasteiger partial charge in [0.1, 0.15) is 0 Å². The fraction of sp³-hybridized carbons (Fsp3) is 0.158. The minimum absolute atomic E-state index is 0.969. The summed E-state index contributed by atoms with van der Waals surface area (Å²) < 4.78 is 0. The van der Waals surface area contributed by atoms with E-state index in [-0.39, 0.29) is 0 Å². The van der Waals surface area contributed by atoms with E-state index in [4.69, 9.17) is 0 Å². The fourth-order valence-corrected chi connectivity index (χ4v) is 2.57. The van der Waals surface area contributed by atoms with E-state index in [2.05, 4.69) is 79.5 Å². The minimum atomic E-state index is 0.969. The molecule has 0 aliphatic heterocycles. The summed E-state index contributed by atoms with van der Waals surface area (Å²) in [6.45, 7) is 4.30. The van der Waals surface area contributed by atoms with Crippen LogP contribution in [0, 0.1) is 0 Å². The monoisotopic (exact) mass is 261 g/mol. The molecule has 1 heterocycles. The molecule has 0 radical (unpaired) electrons. The van der Waals surface area contributed by atoms with Crippen molar-refractivity contribution in [2.75, 3.05) is 0 Å². The first-order valence-electron chi connectivity index (χ1n) is 7.04. The molecule has 100 valence electrons. The standard InChI is InChI=1S/C19H19N/c1-14(2)12-13-17-16-10-6-7-11-18(16)20-19(17)15-8-4-3-5-9-15/h3-12,20H,13H2,1-2H3. The normalized spacial score (nSPS) is 10.7. The van der Waals surface area contributed by atoms with Gasteiger partial charge in [-0.3, -0.25) is 0 Å². The third-order valence-electron chi connectivity index (χ3n) is 3.59. The van der Waals surface area contributed by atoms with E-state index in [1.165, 1.54) is 33.3 Å². The zero-order chi connectivity index (χ0) is 13.9. The maximum Gasteiger partial charge on any atom is 0.0500 e. The van der Waals surface area contributed by atoms with Gasteiger partial charge in [0.25, 0.3) is 0 Å². The van der Waals surface area contributed by atoms with Crippen molar-refractivity contribution in [3.8, 4) is 11.3 Å². The maximum atomic E-state index is 3.57. The van der Waals surface area contributed by atoms with Gasteiger partial charge in [-0.2, -0.15) is 0 Å². The van der Waals surface area contributed by atoms with Crippen molar-refractivity contribution < 1.29 is 0 Å². The third-order valence-corrected chi connectivity index (χ3v) is 3.59. The molecule has 2 aromatic carbocycles. The molecule has 0 aliphatic carbocycles. The topological polar surface area (TPSA) is 15.8 Å². The first-order valence-corrected chi connectivity index (χ1v) is 7.04. The molecule has 0 aliphatic rings. The number of H-pyrrole nitrogens is 1. The van der Waals surface area contributed by atoms with Gasteiger partial charge in [-0.1, -0.05) is 60.2 Å². The molecule has 1 nitrogen and oxygen atoms in total. The number of hydrogen-bond donors (Lipinski definition) is 1. The highest BCUT2D eigenvalue weighted by Gasteiger charge is 2.11. The van der Waals surface area contributed by atoms with Crippen LogP contribution in [0.1, 0.15) is 19.4 Å². The summed E-state index contributed by atoms with van der Waals surface area (Å²) in [7, 11) is 0. The molecule has 0 amide bonds. The smallest absolute Gasteiger partial charge is 0.0500 e. The van der Waals surface area contributed by atoms with Crippen molar-refractivity contribution in [2.45, 2.75) is 20.3 Å². The largest absolute Gasteiger partial charge is 0.354 e. The molecule has 3 aromatic rings. The Kier molecular flexibility index (Phi) is 3.42. The van der Waals surface area contributed by atoms with Crippen molar-refractivity contribution in [3.05, 3.63) is 71.8 Å². The van der Waals surface area contributed by atoms with E-state index in [9.17, 15) is 0 Å². The van der Waals surface area contributed by atoms with E-state index < -0.39 is 0 Å². The summed E-state index contributed by atoms with van der Waals surface area (Å²) in [6.07, 6.45) is 3.26. The van der Waals surface area contributed by atoms with Crippen LogP contribution < -0.4 is 0 Å². The van der Waals surface area contributed by atoms with Crippen molar-refractivity contribution in [1.82, 2.24) is 4.98 Å². The Morgan fingerprint density at radius 1 is 0.950 bits per heavy atom. The number of allylic oxidation sites excluding steroid dienone is 2. The van der Waals surface area contributed by atoms with Crippen LogP contribution in [0.4, 0.5) is 0 Å². The lowest BCUT2D eigenvalue weighted by atomic mass is 10.0.